The highest BCUT2D eigenvalue weighted by Crippen LogP contribution is 2.33. The predicted molar refractivity (Wildman–Crippen MR) is 92.0 cm³/mol. The van der Waals surface area contributed by atoms with E-state index in [1.165, 1.54) is 30.0 Å². The van der Waals surface area contributed by atoms with E-state index in [4.69, 9.17) is 4.74 Å². The van der Waals surface area contributed by atoms with Gasteiger partial charge in [0.1, 0.15) is 11.6 Å². The standard InChI is InChI=1S/C17H20F2N2O3S/c1-4-24-16(22)14-9(2)20-17(23)21-13(14)8-25-10(3)15-11(18)6-5-7-12(15)19/h5-7,9-10H,4,8H2,1-3H3,(H2,20,21,23). The lowest BCUT2D eigenvalue weighted by Crippen LogP contribution is -2.49. The van der Waals surface area contributed by atoms with Crippen LogP contribution in [0.3, 0.4) is 0 Å². The molecule has 0 saturated carbocycles. The number of nitrogens with one attached hydrogen (secondary N) is 2. The molecule has 136 valence electrons. The van der Waals surface area contributed by atoms with Crippen LogP contribution >= 0.6 is 11.8 Å². The van der Waals surface area contributed by atoms with Crippen molar-refractivity contribution in [3.63, 3.8) is 0 Å². The van der Waals surface area contributed by atoms with Crippen molar-refractivity contribution >= 4 is 23.8 Å². The molecule has 2 atom stereocenters. The number of thioether (sulfide) groups is 1. The van der Waals surface area contributed by atoms with Gasteiger partial charge in [-0.2, -0.15) is 0 Å². The van der Waals surface area contributed by atoms with E-state index >= 15 is 0 Å². The maximum absolute atomic E-state index is 13.9. The van der Waals surface area contributed by atoms with Crippen molar-refractivity contribution in [2.75, 3.05) is 12.4 Å². The van der Waals surface area contributed by atoms with Gasteiger partial charge in [-0.1, -0.05) is 6.07 Å². The highest BCUT2D eigenvalue weighted by atomic mass is 32.2. The predicted octanol–water partition coefficient (Wildman–Crippen LogP) is 3.28. The van der Waals surface area contributed by atoms with E-state index in [1.54, 1.807) is 20.8 Å². The third-order valence-electron chi connectivity index (χ3n) is 3.75. The summed E-state index contributed by atoms with van der Waals surface area (Å²) < 4.78 is 32.8. The molecule has 2 N–H and O–H groups in total. The Morgan fingerprint density at radius 3 is 2.60 bits per heavy atom. The van der Waals surface area contributed by atoms with Crippen molar-refractivity contribution in [3.05, 3.63) is 46.7 Å². The molecule has 1 aromatic rings. The molecule has 1 aliphatic rings. The summed E-state index contributed by atoms with van der Waals surface area (Å²) in [7, 11) is 0. The molecule has 25 heavy (non-hydrogen) atoms. The van der Waals surface area contributed by atoms with Crippen molar-refractivity contribution in [1.29, 1.82) is 0 Å². The number of carbonyl (C=O) groups excluding carboxylic acids is 2. The highest BCUT2D eigenvalue weighted by Gasteiger charge is 2.30. The van der Waals surface area contributed by atoms with Crippen molar-refractivity contribution in [2.45, 2.75) is 32.1 Å². The van der Waals surface area contributed by atoms with Crippen molar-refractivity contribution in [2.24, 2.45) is 0 Å². The second-order valence-corrected chi connectivity index (χ2v) is 6.85. The van der Waals surface area contributed by atoms with Gasteiger partial charge in [-0.25, -0.2) is 18.4 Å². The summed E-state index contributed by atoms with van der Waals surface area (Å²) in [6.07, 6.45) is 0. The van der Waals surface area contributed by atoms with E-state index in [2.05, 4.69) is 10.6 Å². The number of amides is 2. The fraction of sp³-hybridized carbons (Fsp3) is 0.412. The molecular weight excluding hydrogens is 350 g/mol. The van der Waals surface area contributed by atoms with Gasteiger partial charge in [0.15, 0.2) is 0 Å². The van der Waals surface area contributed by atoms with Gasteiger partial charge in [0.2, 0.25) is 0 Å². The molecule has 1 aliphatic heterocycles. The molecule has 1 heterocycles. The summed E-state index contributed by atoms with van der Waals surface area (Å²) in [5, 5.41) is 4.69. The molecule has 2 rings (SSSR count). The van der Waals surface area contributed by atoms with Gasteiger partial charge in [-0.15, -0.1) is 11.8 Å². The van der Waals surface area contributed by atoms with Crippen LogP contribution in [0, 0.1) is 11.6 Å². The number of esters is 1. The lowest BCUT2D eigenvalue weighted by atomic mass is 10.1. The Morgan fingerprint density at radius 2 is 2.00 bits per heavy atom. The van der Waals surface area contributed by atoms with Gasteiger partial charge in [-0.05, 0) is 32.9 Å². The Bertz CT molecular complexity index is 689. The van der Waals surface area contributed by atoms with Crippen molar-refractivity contribution in [1.82, 2.24) is 10.6 Å². The van der Waals surface area contributed by atoms with Crippen molar-refractivity contribution in [3.8, 4) is 0 Å². The molecule has 0 aromatic heterocycles. The SMILES string of the molecule is CCOC(=O)C1=C(CSC(C)c2c(F)cccc2F)NC(=O)NC1C. The molecule has 2 unspecified atom stereocenters. The first-order valence-corrected chi connectivity index (χ1v) is 8.93. The second kappa shape index (κ2) is 8.33. The van der Waals surface area contributed by atoms with E-state index in [-0.39, 0.29) is 17.9 Å². The molecule has 0 fully saturated rings. The number of hydrogen-bond acceptors (Lipinski definition) is 4. The Labute approximate surface area is 149 Å². The lowest BCUT2D eigenvalue weighted by Gasteiger charge is -2.27. The summed E-state index contributed by atoms with van der Waals surface area (Å²) in [5.41, 5.74) is 0.678. The van der Waals surface area contributed by atoms with Gasteiger partial charge < -0.3 is 15.4 Å². The van der Waals surface area contributed by atoms with E-state index in [1.807, 2.05) is 0 Å². The first-order valence-electron chi connectivity index (χ1n) is 7.88. The fourth-order valence-corrected chi connectivity index (χ4v) is 3.62. The van der Waals surface area contributed by atoms with Crippen LogP contribution in [0.15, 0.2) is 29.5 Å². The van der Waals surface area contributed by atoms with Gasteiger partial charge in [0, 0.05) is 22.3 Å². The largest absolute Gasteiger partial charge is 0.463 e. The number of benzene rings is 1. The zero-order valence-electron chi connectivity index (χ0n) is 14.2. The summed E-state index contributed by atoms with van der Waals surface area (Å²) >= 11 is 1.22. The van der Waals surface area contributed by atoms with Crippen LogP contribution < -0.4 is 10.6 Å². The molecule has 8 heteroatoms. The molecule has 0 spiro atoms. The molecule has 5 nitrogen and oxygen atoms in total. The lowest BCUT2D eigenvalue weighted by molar-refractivity contribution is -0.138. The van der Waals surface area contributed by atoms with Gasteiger partial charge in [-0.3, -0.25) is 0 Å². The monoisotopic (exact) mass is 370 g/mol. The Morgan fingerprint density at radius 1 is 1.36 bits per heavy atom. The van der Waals surface area contributed by atoms with Crippen LogP contribution in [0.5, 0.6) is 0 Å². The maximum Gasteiger partial charge on any atom is 0.337 e. The number of halogens is 2. The zero-order valence-corrected chi connectivity index (χ0v) is 15.0. The second-order valence-electron chi connectivity index (χ2n) is 5.52. The smallest absolute Gasteiger partial charge is 0.337 e. The average molecular weight is 370 g/mol. The van der Waals surface area contributed by atoms with Crippen LogP contribution in [-0.2, 0) is 9.53 Å². The number of urea groups is 1. The summed E-state index contributed by atoms with van der Waals surface area (Å²) in [5.74, 6) is -1.56. The van der Waals surface area contributed by atoms with Crippen LogP contribution in [0.25, 0.3) is 0 Å². The maximum atomic E-state index is 13.9. The quantitative estimate of drug-likeness (QED) is 0.754. The summed E-state index contributed by atoms with van der Waals surface area (Å²) in [6.45, 7) is 5.24. The third-order valence-corrected chi connectivity index (χ3v) is 4.94. The molecular formula is C17H20F2N2O3S. The van der Waals surface area contributed by atoms with E-state index in [9.17, 15) is 18.4 Å². The fourth-order valence-electron chi connectivity index (χ4n) is 2.58. The first-order chi connectivity index (χ1) is 11.8. The Kier molecular flexibility index (Phi) is 6.41. The Balaban J connectivity index is 2.21. The highest BCUT2D eigenvalue weighted by molar-refractivity contribution is 7.99. The summed E-state index contributed by atoms with van der Waals surface area (Å²) in [6, 6.07) is 2.77. The van der Waals surface area contributed by atoms with Crippen LogP contribution in [-0.4, -0.2) is 30.4 Å². The van der Waals surface area contributed by atoms with Crippen LogP contribution in [0.1, 0.15) is 31.6 Å². The van der Waals surface area contributed by atoms with Crippen molar-refractivity contribution < 1.29 is 23.1 Å². The van der Waals surface area contributed by atoms with Gasteiger partial charge >= 0.3 is 12.0 Å². The topological polar surface area (TPSA) is 67.4 Å². The molecule has 0 saturated heterocycles. The minimum absolute atomic E-state index is 0.0286. The van der Waals surface area contributed by atoms with Crippen LogP contribution in [0.2, 0.25) is 0 Å². The van der Waals surface area contributed by atoms with Gasteiger partial charge in [0.25, 0.3) is 0 Å². The number of rotatable bonds is 6. The van der Waals surface area contributed by atoms with Gasteiger partial charge in [0.05, 0.1) is 18.2 Å². The van der Waals surface area contributed by atoms with E-state index in [0.29, 0.717) is 11.3 Å². The molecule has 1 aromatic carbocycles. The third kappa shape index (κ3) is 4.50. The van der Waals surface area contributed by atoms with E-state index in [0.717, 1.165) is 0 Å². The number of hydrogen-bond donors (Lipinski definition) is 2. The zero-order chi connectivity index (χ0) is 18.6. The Hall–Kier alpha value is -2.09. The number of ether oxygens (including phenoxy) is 1. The minimum atomic E-state index is -0.623. The number of carbonyl (C=O) groups is 2. The van der Waals surface area contributed by atoms with Crippen LogP contribution in [0.4, 0.5) is 13.6 Å². The first kappa shape index (κ1) is 19.2. The molecule has 0 bridgehead atoms. The normalized spacial score (nSPS) is 18.4. The van der Waals surface area contributed by atoms with E-state index < -0.39 is 34.9 Å². The minimum Gasteiger partial charge on any atom is -0.463 e. The average Bonchev–Trinajstić information content (AvgIpc) is 2.52. The summed E-state index contributed by atoms with van der Waals surface area (Å²) in [4.78, 5) is 23.8. The molecule has 0 aliphatic carbocycles. The molecule has 0 radical (unpaired) electrons. The molecule has 2 amide bonds.